The number of nitrogens with one attached hydrogen (secondary N) is 5. The van der Waals surface area contributed by atoms with Crippen molar-refractivity contribution in [2.75, 3.05) is 26.3 Å². The number of rotatable bonds is 23. The maximum absolute atomic E-state index is 12.7. The minimum atomic E-state index is -5.08. The number of nitrogens with zero attached hydrogens (tertiary/aromatic N) is 4. The number of halogens is 3. The Labute approximate surface area is 411 Å². The van der Waals surface area contributed by atoms with E-state index in [1.165, 1.54) is 10.9 Å². The highest BCUT2D eigenvalue weighted by molar-refractivity contribution is 5.86. The van der Waals surface area contributed by atoms with E-state index in [2.05, 4.69) is 47.8 Å². The average molecular weight is 997 g/mol. The Morgan fingerprint density at radius 2 is 1.39 bits per heavy atom. The number of benzene rings is 3. The molecule has 19 nitrogen and oxygen atoms in total. The maximum Gasteiger partial charge on any atom is 0.490 e. The molecule has 0 fully saturated rings. The number of aromatic amines is 1. The van der Waals surface area contributed by atoms with E-state index in [1.54, 1.807) is 39.3 Å². The van der Waals surface area contributed by atoms with Gasteiger partial charge in [0.2, 0.25) is 17.7 Å². The number of unbranched alkanes of at least 4 members (excludes halogenated alkanes) is 1. The first kappa shape index (κ1) is 58.4. The Hall–Kier alpha value is -6.91. The van der Waals surface area contributed by atoms with Gasteiger partial charge in [0.1, 0.15) is 17.7 Å². The number of aryl methyl sites for hydroxylation is 1. The Morgan fingerprint density at radius 3 is 1.97 bits per heavy atom. The molecule has 0 saturated heterocycles. The largest absolute Gasteiger partial charge is 0.490 e. The van der Waals surface area contributed by atoms with Gasteiger partial charge in [0.05, 0.1) is 32.0 Å². The van der Waals surface area contributed by atoms with Gasteiger partial charge in [0.15, 0.2) is 5.82 Å². The number of alkyl halides is 3. The van der Waals surface area contributed by atoms with Crippen LogP contribution in [0.2, 0.25) is 0 Å². The molecular weight excluding hydrogens is 930 g/mol. The number of alkyl carbamates (subject to hydrolysis) is 1. The van der Waals surface area contributed by atoms with Gasteiger partial charge in [-0.2, -0.15) is 13.2 Å². The highest BCUT2D eigenvalue weighted by Crippen LogP contribution is 2.18. The van der Waals surface area contributed by atoms with Crippen molar-refractivity contribution in [2.24, 2.45) is 5.73 Å². The van der Waals surface area contributed by atoms with Crippen LogP contribution in [0.3, 0.4) is 0 Å². The van der Waals surface area contributed by atoms with Crippen LogP contribution < -0.4 is 27.0 Å². The molecule has 2 atom stereocenters. The summed E-state index contributed by atoms with van der Waals surface area (Å²) in [5, 5.41) is 31.6. The zero-order chi connectivity index (χ0) is 52.5. The normalized spacial score (nSPS) is 12.3. The third kappa shape index (κ3) is 23.0. The number of carboxylic acids is 1. The number of nitrogens with two attached hydrogens (primary N) is 1. The Kier molecular flexibility index (Phi) is 24.1. The number of ether oxygens (including phenoxy) is 3. The predicted molar refractivity (Wildman–Crippen MR) is 258 cm³/mol. The van der Waals surface area contributed by atoms with Crippen molar-refractivity contribution in [1.29, 1.82) is 0 Å². The number of aromatic nitrogens is 5. The van der Waals surface area contributed by atoms with Crippen molar-refractivity contribution in [3.8, 4) is 0 Å². The first-order chi connectivity index (χ1) is 33.6. The molecule has 0 bridgehead atoms. The molecule has 3 aromatic carbocycles. The second-order valence-electron chi connectivity index (χ2n) is 17.7. The molecule has 0 unspecified atom stereocenters. The van der Waals surface area contributed by atoms with Gasteiger partial charge in [-0.05, 0) is 87.1 Å². The van der Waals surface area contributed by atoms with Gasteiger partial charge < -0.3 is 51.3 Å². The Balaban J connectivity index is 0.000000356. The van der Waals surface area contributed by atoms with Gasteiger partial charge in [-0.25, -0.2) is 14.3 Å². The summed E-state index contributed by atoms with van der Waals surface area (Å²) < 4.78 is 50.1. The lowest BCUT2D eigenvalue weighted by atomic mass is 10.1. The van der Waals surface area contributed by atoms with Gasteiger partial charge in [-0.1, -0.05) is 92.2 Å². The van der Waals surface area contributed by atoms with E-state index in [9.17, 15) is 32.3 Å². The Morgan fingerprint density at radius 1 is 0.803 bits per heavy atom. The first-order valence-electron chi connectivity index (χ1n) is 23.1. The summed E-state index contributed by atoms with van der Waals surface area (Å²) in [5.74, 6) is -2.97. The minimum absolute atomic E-state index is 0.0367. The smallest absolute Gasteiger partial charge is 0.475 e. The number of hydrogen-bond acceptors (Lipinski definition) is 12. The van der Waals surface area contributed by atoms with Crippen LogP contribution in [0.5, 0.6) is 0 Å². The number of hydrogen-bond donors (Lipinski definition) is 7. The summed E-state index contributed by atoms with van der Waals surface area (Å²) in [6.45, 7) is 13.1. The summed E-state index contributed by atoms with van der Waals surface area (Å²) >= 11 is 0. The molecule has 8 N–H and O–H groups in total. The number of tetrazole rings is 1. The average Bonchev–Trinajstić information content (AvgIpc) is 3.95. The van der Waals surface area contributed by atoms with E-state index in [0.717, 1.165) is 35.9 Å². The van der Waals surface area contributed by atoms with E-state index >= 15 is 0 Å². The molecule has 2 heterocycles. The molecule has 0 saturated carbocycles. The first-order valence-corrected chi connectivity index (χ1v) is 23.1. The van der Waals surface area contributed by atoms with Crippen LogP contribution in [0.1, 0.15) is 95.8 Å². The van der Waals surface area contributed by atoms with Crippen molar-refractivity contribution >= 4 is 40.7 Å². The summed E-state index contributed by atoms with van der Waals surface area (Å²) in [4.78, 5) is 61.5. The molecule has 4 amide bonds. The molecule has 0 aliphatic rings. The number of aliphatic carboxylic acids is 1. The number of fused-ring (bicyclic) bond motifs is 1. The molecule has 0 aliphatic heterocycles. The topological polar surface area (TPSA) is 267 Å². The third-order valence-corrected chi connectivity index (χ3v) is 9.80. The van der Waals surface area contributed by atoms with Crippen molar-refractivity contribution in [3.05, 3.63) is 114 Å². The van der Waals surface area contributed by atoms with E-state index in [-0.39, 0.29) is 30.9 Å². The van der Waals surface area contributed by atoms with Gasteiger partial charge >= 0.3 is 18.2 Å². The fraction of sp³-hybridized carbons (Fsp3) is 0.469. The van der Waals surface area contributed by atoms with Gasteiger partial charge in [0.25, 0.3) is 0 Å². The number of carbonyl (C=O) groups excluding carboxylic acids is 4. The molecule has 0 aliphatic carbocycles. The minimum Gasteiger partial charge on any atom is -0.475 e. The zero-order valence-corrected chi connectivity index (χ0v) is 41.0. The maximum atomic E-state index is 12.7. The SMILES string of the molecule is CC(C)(N)C(=O)N[C@H](COCc1ccccc1)c1nnnn1CCCC(=O)NCCc1c[nH]c2ccccc12.CCCCNC(=O)[C@@H](COCc1ccccc1)NC(=O)OC(C)(C)C.O=C(O)C(F)(F)F. The number of carbonyl (C=O) groups is 5. The highest BCUT2D eigenvalue weighted by Gasteiger charge is 2.38. The van der Waals surface area contributed by atoms with Crippen LogP contribution in [0.25, 0.3) is 10.9 Å². The number of H-pyrrole nitrogens is 1. The van der Waals surface area contributed by atoms with Crippen LogP contribution in [0.4, 0.5) is 18.0 Å². The van der Waals surface area contributed by atoms with Crippen LogP contribution >= 0.6 is 0 Å². The third-order valence-electron chi connectivity index (χ3n) is 9.80. The van der Waals surface area contributed by atoms with E-state index < -0.39 is 41.5 Å². The molecule has 22 heteroatoms. The fourth-order valence-electron chi connectivity index (χ4n) is 6.18. The summed E-state index contributed by atoms with van der Waals surface area (Å²) in [6.07, 6.45) is -0.262. The molecule has 0 radical (unpaired) electrons. The van der Waals surface area contributed by atoms with Gasteiger partial charge in [-0.3, -0.25) is 14.4 Å². The molecule has 71 heavy (non-hydrogen) atoms. The second-order valence-corrected chi connectivity index (χ2v) is 17.7. The standard InChI is InChI=1S/C28H36N8O3.C19H30N2O4.C2HF3O2/c1-28(2,29)27(38)32-24(19-39-18-20-9-4-3-5-10-20)26-33-34-35-36(26)16-8-13-25(37)30-15-14-21-17-31-23-12-7-6-11-22(21)23;1-5-6-12-20-17(22)16(21-18(23)25-19(2,3)4)14-24-13-15-10-8-7-9-11-15;3-2(4,5)1(6)7/h3-7,9-12,17,24,31H,8,13-16,18-19,29H2,1-2H3,(H,30,37)(H,32,38);7-11,16H,5-6,12-14H2,1-4H3,(H,20,22)(H,21,23);(H,6,7)/t24-;16-;/m11./s1. The molecular formula is C49H67F3N10O9. The summed E-state index contributed by atoms with van der Waals surface area (Å²) in [7, 11) is 0. The molecule has 5 rings (SSSR count). The molecule has 388 valence electrons. The predicted octanol–water partition coefficient (Wildman–Crippen LogP) is 6.05. The van der Waals surface area contributed by atoms with Gasteiger partial charge in [0, 0.05) is 43.2 Å². The van der Waals surface area contributed by atoms with E-state index in [0.29, 0.717) is 51.5 Å². The molecule has 2 aromatic heterocycles. The van der Waals surface area contributed by atoms with E-state index in [1.807, 2.05) is 92.0 Å². The lowest BCUT2D eigenvalue weighted by molar-refractivity contribution is -0.192. The van der Waals surface area contributed by atoms with Crippen molar-refractivity contribution < 1.29 is 56.5 Å². The quantitative estimate of drug-likeness (QED) is 0.0368. The number of carboxylic acid groups (broad SMARTS) is 1. The Bertz CT molecular complexity index is 2390. The van der Waals surface area contributed by atoms with Crippen LogP contribution in [-0.4, -0.2) is 110 Å². The second kappa shape index (κ2) is 29.3. The van der Waals surface area contributed by atoms with Crippen molar-refractivity contribution in [3.63, 3.8) is 0 Å². The monoisotopic (exact) mass is 997 g/mol. The summed E-state index contributed by atoms with van der Waals surface area (Å²) in [6, 6.07) is 26.1. The highest BCUT2D eigenvalue weighted by atomic mass is 19.4. The summed E-state index contributed by atoms with van der Waals surface area (Å²) in [5.41, 5.74) is 8.56. The molecule has 0 spiro atoms. The fourth-order valence-corrected chi connectivity index (χ4v) is 6.18. The van der Waals surface area contributed by atoms with Crippen LogP contribution in [0, 0.1) is 0 Å². The lowest BCUT2D eigenvalue weighted by Gasteiger charge is -2.23. The zero-order valence-electron chi connectivity index (χ0n) is 41.0. The molecule has 5 aromatic rings. The van der Waals surface area contributed by atoms with Crippen LogP contribution in [0.15, 0.2) is 91.1 Å². The van der Waals surface area contributed by atoms with Crippen molar-refractivity contribution in [2.45, 2.75) is 123 Å². The van der Waals surface area contributed by atoms with Gasteiger partial charge in [-0.15, -0.1) is 5.10 Å². The number of amides is 4. The van der Waals surface area contributed by atoms with Crippen molar-refractivity contribution in [1.82, 2.24) is 46.5 Å². The van der Waals surface area contributed by atoms with E-state index in [4.69, 9.17) is 29.8 Å². The number of para-hydroxylation sites is 1. The lowest BCUT2D eigenvalue weighted by Crippen LogP contribution is -2.51. The van der Waals surface area contributed by atoms with Crippen LogP contribution in [-0.2, 0) is 59.6 Å².